The zero-order valence-corrected chi connectivity index (χ0v) is 15.9. The molecule has 0 aliphatic heterocycles. The van der Waals surface area contributed by atoms with Crippen molar-refractivity contribution in [2.75, 3.05) is 13.6 Å². The Morgan fingerprint density at radius 3 is 2.50 bits per heavy atom. The number of likely N-dealkylation sites (N-methyl/N-ethyl adjacent to an activating group) is 1. The lowest BCUT2D eigenvalue weighted by molar-refractivity contribution is -0.132. The summed E-state index contributed by atoms with van der Waals surface area (Å²) in [7, 11) is -2.67. The van der Waals surface area contributed by atoms with Crippen LogP contribution < -0.4 is 15.6 Å². The van der Waals surface area contributed by atoms with Crippen LogP contribution in [-0.4, -0.2) is 49.2 Å². The summed E-state index contributed by atoms with van der Waals surface area (Å²) in [4.78, 5) is 27.6. The maximum absolute atomic E-state index is 12.9. The van der Waals surface area contributed by atoms with Gasteiger partial charge in [-0.1, -0.05) is 0 Å². The quantitative estimate of drug-likeness (QED) is 0.640. The molecule has 11 heteroatoms. The second-order valence-corrected chi connectivity index (χ2v) is 7.75. The number of carbonyl (C=O) groups excluding carboxylic acids is 2. The summed E-state index contributed by atoms with van der Waals surface area (Å²) in [6.45, 7) is 0.911. The number of amides is 2. The molecule has 0 aliphatic rings. The van der Waals surface area contributed by atoms with Gasteiger partial charge in [-0.2, -0.15) is 4.31 Å². The first-order valence-corrected chi connectivity index (χ1v) is 9.51. The number of nitrogens with one attached hydrogen (secondary N) is 2. The van der Waals surface area contributed by atoms with E-state index in [2.05, 4.69) is 15.8 Å². The number of sulfonamides is 1. The highest BCUT2D eigenvalue weighted by molar-refractivity contribution is 7.89. The Labute approximate surface area is 161 Å². The van der Waals surface area contributed by atoms with E-state index in [1.54, 1.807) is 0 Å². The summed E-state index contributed by atoms with van der Waals surface area (Å²) < 4.78 is 43.6. The van der Waals surface area contributed by atoms with Crippen molar-refractivity contribution in [2.24, 2.45) is 0 Å². The van der Waals surface area contributed by atoms with E-state index in [-0.39, 0.29) is 10.6 Å². The summed E-state index contributed by atoms with van der Waals surface area (Å²) in [5, 5.41) is 0. The standard InChI is InChI=1S/C17H19FN4O5S/c1-12(27-14-7-5-13(18)6-8-14)17(24)21-20-16(23)11-22(2)28(25,26)15-4-3-9-19-10-15/h3-10,12H,11H2,1-2H3,(H,20,23)(H,21,24). The summed E-state index contributed by atoms with van der Waals surface area (Å²) in [5.41, 5.74) is 4.25. The van der Waals surface area contributed by atoms with Crippen LogP contribution in [0.5, 0.6) is 5.75 Å². The van der Waals surface area contributed by atoms with Crippen molar-refractivity contribution in [3.05, 3.63) is 54.6 Å². The van der Waals surface area contributed by atoms with Crippen LogP contribution in [0.3, 0.4) is 0 Å². The smallest absolute Gasteiger partial charge is 0.279 e. The first-order chi connectivity index (χ1) is 13.2. The first-order valence-electron chi connectivity index (χ1n) is 8.07. The molecule has 0 bridgehead atoms. The van der Waals surface area contributed by atoms with E-state index < -0.39 is 40.3 Å². The third-order valence-electron chi connectivity index (χ3n) is 3.53. The van der Waals surface area contributed by atoms with E-state index in [4.69, 9.17) is 4.74 Å². The number of ether oxygens (including phenoxy) is 1. The third-order valence-corrected chi connectivity index (χ3v) is 5.32. The van der Waals surface area contributed by atoms with Crippen molar-refractivity contribution < 1.29 is 27.1 Å². The molecule has 9 nitrogen and oxygen atoms in total. The number of hydrazine groups is 1. The number of aromatic nitrogens is 1. The fourth-order valence-corrected chi connectivity index (χ4v) is 3.10. The average Bonchev–Trinajstić information content (AvgIpc) is 2.68. The first kappa shape index (κ1) is 21.3. The van der Waals surface area contributed by atoms with Crippen LogP contribution in [0.4, 0.5) is 4.39 Å². The molecule has 1 unspecified atom stereocenters. The molecular weight excluding hydrogens is 391 g/mol. The van der Waals surface area contributed by atoms with Gasteiger partial charge >= 0.3 is 0 Å². The molecule has 0 radical (unpaired) electrons. The molecule has 0 aliphatic carbocycles. The van der Waals surface area contributed by atoms with Crippen molar-refractivity contribution in [3.8, 4) is 5.75 Å². The second kappa shape index (κ2) is 9.24. The van der Waals surface area contributed by atoms with Gasteiger partial charge in [-0.05, 0) is 43.3 Å². The van der Waals surface area contributed by atoms with Crippen LogP contribution in [0.15, 0.2) is 53.7 Å². The molecule has 0 fully saturated rings. The van der Waals surface area contributed by atoms with Gasteiger partial charge in [-0.15, -0.1) is 0 Å². The molecule has 2 rings (SSSR count). The third kappa shape index (κ3) is 5.72. The average molecular weight is 410 g/mol. The molecule has 0 saturated carbocycles. The van der Waals surface area contributed by atoms with E-state index in [9.17, 15) is 22.4 Å². The van der Waals surface area contributed by atoms with Gasteiger partial charge in [0.1, 0.15) is 16.5 Å². The number of hydrogen-bond donors (Lipinski definition) is 2. The summed E-state index contributed by atoms with van der Waals surface area (Å²) in [5.74, 6) is -1.59. The highest BCUT2D eigenvalue weighted by Gasteiger charge is 2.23. The molecule has 1 atom stereocenters. The Morgan fingerprint density at radius 1 is 1.21 bits per heavy atom. The monoisotopic (exact) mass is 410 g/mol. The van der Waals surface area contributed by atoms with Crippen LogP contribution >= 0.6 is 0 Å². The lowest BCUT2D eigenvalue weighted by atomic mass is 10.3. The van der Waals surface area contributed by atoms with Crippen LogP contribution in [0, 0.1) is 5.82 Å². The van der Waals surface area contributed by atoms with E-state index in [1.807, 2.05) is 0 Å². The van der Waals surface area contributed by atoms with Crippen LogP contribution in [0.25, 0.3) is 0 Å². The zero-order chi connectivity index (χ0) is 20.7. The Bertz CT molecular complexity index is 922. The fraction of sp³-hybridized carbons (Fsp3) is 0.235. The van der Waals surface area contributed by atoms with Gasteiger partial charge < -0.3 is 4.74 Å². The van der Waals surface area contributed by atoms with Gasteiger partial charge in [0.05, 0.1) is 6.54 Å². The number of nitrogens with zero attached hydrogens (tertiary/aromatic N) is 2. The highest BCUT2D eigenvalue weighted by Crippen LogP contribution is 2.13. The van der Waals surface area contributed by atoms with Crippen molar-refractivity contribution >= 4 is 21.8 Å². The van der Waals surface area contributed by atoms with E-state index in [1.165, 1.54) is 62.8 Å². The number of halogens is 1. The topological polar surface area (TPSA) is 118 Å². The number of benzene rings is 1. The zero-order valence-electron chi connectivity index (χ0n) is 15.1. The van der Waals surface area contributed by atoms with Crippen molar-refractivity contribution in [2.45, 2.75) is 17.9 Å². The lowest BCUT2D eigenvalue weighted by Gasteiger charge is -2.18. The molecule has 1 aromatic heterocycles. The van der Waals surface area contributed by atoms with Gasteiger partial charge in [0, 0.05) is 19.4 Å². The van der Waals surface area contributed by atoms with E-state index >= 15 is 0 Å². The maximum Gasteiger partial charge on any atom is 0.279 e. The Morgan fingerprint density at radius 2 is 1.89 bits per heavy atom. The SMILES string of the molecule is CC(Oc1ccc(F)cc1)C(=O)NNC(=O)CN(C)S(=O)(=O)c1cccnc1. The predicted octanol–water partition coefficient (Wildman–Crippen LogP) is 0.456. The van der Waals surface area contributed by atoms with Crippen molar-refractivity contribution in [1.82, 2.24) is 20.1 Å². The van der Waals surface area contributed by atoms with Crippen LogP contribution in [0.2, 0.25) is 0 Å². The largest absolute Gasteiger partial charge is 0.481 e. The molecule has 0 spiro atoms. The number of carbonyl (C=O) groups is 2. The highest BCUT2D eigenvalue weighted by atomic mass is 32.2. The molecule has 1 heterocycles. The molecule has 0 saturated heterocycles. The summed E-state index contributed by atoms with van der Waals surface area (Å²) in [6, 6.07) is 7.89. The Balaban J connectivity index is 1.84. The van der Waals surface area contributed by atoms with Gasteiger partial charge in [0.15, 0.2) is 6.10 Å². The van der Waals surface area contributed by atoms with Crippen LogP contribution in [0.1, 0.15) is 6.92 Å². The van der Waals surface area contributed by atoms with Gasteiger partial charge in [-0.25, -0.2) is 12.8 Å². The van der Waals surface area contributed by atoms with Gasteiger partial charge in [-0.3, -0.25) is 25.4 Å². The normalized spacial score (nSPS) is 12.3. The lowest BCUT2D eigenvalue weighted by Crippen LogP contribution is -2.50. The molecule has 2 amide bonds. The second-order valence-electron chi connectivity index (χ2n) is 5.70. The number of pyridine rings is 1. The minimum absolute atomic E-state index is 0.0596. The minimum Gasteiger partial charge on any atom is -0.481 e. The van der Waals surface area contributed by atoms with Gasteiger partial charge in [0.25, 0.3) is 11.8 Å². The van der Waals surface area contributed by atoms with Crippen LogP contribution in [-0.2, 0) is 19.6 Å². The van der Waals surface area contributed by atoms with E-state index in [0.717, 1.165) is 4.31 Å². The molecule has 2 N–H and O–H groups in total. The van der Waals surface area contributed by atoms with Gasteiger partial charge in [0.2, 0.25) is 10.0 Å². The summed E-state index contributed by atoms with van der Waals surface area (Å²) in [6.07, 6.45) is 1.61. The minimum atomic E-state index is -3.89. The molecule has 1 aromatic carbocycles. The molecule has 2 aromatic rings. The molecule has 150 valence electrons. The fourth-order valence-electron chi connectivity index (χ4n) is 2.01. The molecule has 28 heavy (non-hydrogen) atoms. The Kier molecular flexibility index (Phi) is 7.01. The van der Waals surface area contributed by atoms with Crippen molar-refractivity contribution in [1.29, 1.82) is 0 Å². The predicted molar refractivity (Wildman–Crippen MR) is 96.8 cm³/mol. The summed E-state index contributed by atoms with van der Waals surface area (Å²) >= 11 is 0. The Hall–Kier alpha value is -3.05. The van der Waals surface area contributed by atoms with E-state index in [0.29, 0.717) is 0 Å². The molecular formula is C17H19FN4O5S. The number of rotatable bonds is 7. The maximum atomic E-state index is 12.9. The number of hydrogen-bond acceptors (Lipinski definition) is 6. The van der Waals surface area contributed by atoms with Crippen molar-refractivity contribution in [3.63, 3.8) is 0 Å².